The summed E-state index contributed by atoms with van der Waals surface area (Å²) in [7, 11) is 0. The first-order valence-electron chi connectivity index (χ1n) is 8.30. The summed E-state index contributed by atoms with van der Waals surface area (Å²) < 4.78 is 0. The van der Waals surface area contributed by atoms with Gasteiger partial charge in [0, 0.05) is 6.42 Å². The SMILES string of the molecule is CCCCC/C=C/C=C\CCCCCCCCC(=O)O. The molecule has 0 aliphatic carbocycles. The van der Waals surface area contributed by atoms with Crippen LogP contribution in [0.25, 0.3) is 0 Å². The second kappa shape index (κ2) is 16.0. The van der Waals surface area contributed by atoms with Crippen molar-refractivity contribution >= 4 is 5.97 Å². The molecule has 0 saturated carbocycles. The highest BCUT2D eigenvalue weighted by Crippen LogP contribution is 2.09. The first kappa shape index (κ1) is 18.9. The van der Waals surface area contributed by atoms with Gasteiger partial charge in [-0.25, -0.2) is 0 Å². The van der Waals surface area contributed by atoms with Gasteiger partial charge in [0.15, 0.2) is 0 Å². The second-order valence-electron chi connectivity index (χ2n) is 5.41. The van der Waals surface area contributed by atoms with E-state index < -0.39 is 5.97 Å². The van der Waals surface area contributed by atoms with Crippen molar-refractivity contribution in [2.75, 3.05) is 0 Å². The zero-order chi connectivity index (χ0) is 14.9. The maximum absolute atomic E-state index is 10.3. The van der Waals surface area contributed by atoms with Crippen molar-refractivity contribution in [1.29, 1.82) is 0 Å². The highest BCUT2D eigenvalue weighted by molar-refractivity contribution is 5.66. The average molecular weight is 280 g/mol. The van der Waals surface area contributed by atoms with Crippen LogP contribution in [0.2, 0.25) is 0 Å². The maximum atomic E-state index is 10.3. The molecule has 0 bridgehead atoms. The number of aliphatic carboxylic acids is 1. The van der Waals surface area contributed by atoms with E-state index >= 15 is 0 Å². The quantitative estimate of drug-likeness (QED) is 0.318. The van der Waals surface area contributed by atoms with Gasteiger partial charge in [-0.3, -0.25) is 4.79 Å². The van der Waals surface area contributed by atoms with Gasteiger partial charge in [-0.15, -0.1) is 0 Å². The number of carbonyl (C=O) groups is 1. The number of hydrogen-bond donors (Lipinski definition) is 1. The minimum absolute atomic E-state index is 0.327. The van der Waals surface area contributed by atoms with Gasteiger partial charge in [-0.1, -0.05) is 69.8 Å². The molecule has 0 aromatic rings. The topological polar surface area (TPSA) is 37.3 Å². The third-order valence-electron chi connectivity index (χ3n) is 3.37. The summed E-state index contributed by atoms with van der Waals surface area (Å²) in [6, 6.07) is 0. The molecule has 0 aliphatic heterocycles. The molecule has 1 N–H and O–H groups in total. The van der Waals surface area contributed by atoms with Gasteiger partial charge in [-0.2, -0.15) is 0 Å². The van der Waals surface area contributed by atoms with Crippen LogP contribution in [0.15, 0.2) is 24.3 Å². The van der Waals surface area contributed by atoms with Crippen LogP contribution >= 0.6 is 0 Å². The van der Waals surface area contributed by atoms with Crippen LogP contribution in [-0.4, -0.2) is 11.1 Å². The molecule has 0 fully saturated rings. The first-order chi connectivity index (χ1) is 9.77. The van der Waals surface area contributed by atoms with Crippen LogP contribution in [0.3, 0.4) is 0 Å². The van der Waals surface area contributed by atoms with Crippen molar-refractivity contribution in [3.05, 3.63) is 24.3 Å². The maximum Gasteiger partial charge on any atom is 0.303 e. The fourth-order valence-electron chi connectivity index (χ4n) is 2.11. The third kappa shape index (κ3) is 16.9. The van der Waals surface area contributed by atoms with E-state index in [1.54, 1.807) is 0 Å². The minimum Gasteiger partial charge on any atom is -0.481 e. The Labute approximate surface area is 125 Å². The van der Waals surface area contributed by atoms with Crippen LogP contribution in [0.5, 0.6) is 0 Å². The van der Waals surface area contributed by atoms with Crippen LogP contribution in [0.4, 0.5) is 0 Å². The lowest BCUT2D eigenvalue weighted by Gasteiger charge is -1.99. The van der Waals surface area contributed by atoms with Crippen molar-refractivity contribution in [2.45, 2.75) is 84.0 Å². The molecule has 0 unspecified atom stereocenters. The van der Waals surface area contributed by atoms with Crippen molar-refractivity contribution in [2.24, 2.45) is 0 Å². The average Bonchev–Trinajstić information content (AvgIpc) is 2.43. The fourth-order valence-corrected chi connectivity index (χ4v) is 2.11. The standard InChI is InChI=1S/C18H32O2/c1-2-3-4-5-6-7-8-9-10-11-12-13-14-15-16-17-18(19)20/h6-9H,2-5,10-17H2,1H3,(H,19,20)/b7-6+,9-8-. The van der Waals surface area contributed by atoms with Gasteiger partial charge >= 0.3 is 5.97 Å². The van der Waals surface area contributed by atoms with Crippen molar-refractivity contribution in [3.63, 3.8) is 0 Å². The molecule has 0 atom stereocenters. The van der Waals surface area contributed by atoms with E-state index in [2.05, 4.69) is 31.2 Å². The Kier molecular flexibility index (Phi) is 15.2. The first-order valence-corrected chi connectivity index (χ1v) is 8.30. The van der Waals surface area contributed by atoms with Crippen molar-refractivity contribution in [1.82, 2.24) is 0 Å². The number of allylic oxidation sites excluding steroid dienone is 4. The summed E-state index contributed by atoms with van der Waals surface area (Å²) >= 11 is 0. The molecular formula is C18H32O2. The highest BCUT2D eigenvalue weighted by Gasteiger charge is 1.95. The Balaban J connectivity index is 3.17. The lowest BCUT2D eigenvalue weighted by molar-refractivity contribution is -0.137. The Morgan fingerprint density at radius 2 is 1.30 bits per heavy atom. The zero-order valence-electron chi connectivity index (χ0n) is 13.2. The fraction of sp³-hybridized carbons (Fsp3) is 0.722. The smallest absolute Gasteiger partial charge is 0.303 e. The lowest BCUT2D eigenvalue weighted by atomic mass is 10.1. The molecule has 116 valence electrons. The molecule has 0 spiro atoms. The van der Waals surface area contributed by atoms with Gasteiger partial charge in [-0.05, 0) is 32.1 Å². The lowest BCUT2D eigenvalue weighted by Crippen LogP contribution is -1.93. The molecule has 20 heavy (non-hydrogen) atoms. The predicted molar refractivity (Wildman–Crippen MR) is 87.0 cm³/mol. The van der Waals surface area contributed by atoms with Gasteiger partial charge in [0.05, 0.1) is 0 Å². The van der Waals surface area contributed by atoms with Crippen LogP contribution < -0.4 is 0 Å². The second-order valence-corrected chi connectivity index (χ2v) is 5.41. The number of hydrogen-bond acceptors (Lipinski definition) is 1. The summed E-state index contributed by atoms with van der Waals surface area (Å²) in [6.45, 7) is 2.23. The molecule has 2 heteroatoms. The molecule has 0 aromatic heterocycles. The number of rotatable bonds is 14. The van der Waals surface area contributed by atoms with Crippen LogP contribution in [-0.2, 0) is 4.79 Å². The summed E-state index contributed by atoms with van der Waals surface area (Å²) in [6.07, 6.45) is 22.3. The molecular weight excluding hydrogens is 248 g/mol. The zero-order valence-corrected chi connectivity index (χ0v) is 13.2. The van der Waals surface area contributed by atoms with Crippen molar-refractivity contribution < 1.29 is 9.90 Å². The van der Waals surface area contributed by atoms with Crippen LogP contribution in [0.1, 0.15) is 84.0 Å². The number of carboxylic acid groups (broad SMARTS) is 1. The number of carboxylic acids is 1. The molecule has 0 aliphatic rings. The highest BCUT2D eigenvalue weighted by atomic mass is 16.4. The van der Waals surface area contributed by atoms with Crippen LogP contribution in [0, 0.1) is 0 Å². The van der Waals surface area contributed by atoms with Crippen molar-refractivity contribution in [3.8, 4) is 0 Å². The van der Waals surface area contributed by atoms with E-state index in [0.29, 0.717) is 6.42 Å². The minimum atomic E-state index is -0.669. The number of unbranched alkanes of at least 4 members (excludes halogenated alkanes) is 9. The third-order valence-corrected chi connectivity index (χ3v) is 3.37. The van der Waals surface area contributed by atoms with Gasteiger partial charge in [0.1, 0.15) is 0 Å². The molecule has 0 amide bonds. The summed E-state index contributed by atoms with van der Waals surface area (Å²) in [5.74, 6) is -0.669. The van der Waals surface area contributed by atoms with E-state index in [4.69, 9.17) is 5.11 Å². The summed E-state index contributed by atoms with van der Waals surface area (Å²) in [5.41, 5.74) is 0. The Morgan fingerprint density at radius 1 is 0.800 bits per heavy atom. The summed E-state index contributed by atoms with van der Waals surface area (Å²) in [4.78, 5) is 10.3. The van der Waals surface area contributed by atoms with E-state index in [0.717, 1.165) is 19.3 Å². The van der Waals surface area contributed by atoms with E-state index in [1.807, 2.05) is 0 Å². The molecule has 2 nitrogen and oxygen atoms in total. The largest absolute Gasteiger partial charge is 0.481 e. The van der Waals surface area contributed by atoms with E-state index in [-0.39, 0.29) is 0 Å². The van der Waals surface area contributed by atoms with E-state index in [9.17, 15) is 4.79 Å². The van der Waals surface area contributed by atoms with Gasteiger partial charge in [0.25, 0.3) is 0 Å². The molecule has 0 radical (unpaired) electrons. The Hall–Kier alpha value is -1.05. The summed E-state index contributed by atoms with van der Waals surface area (Å²) in [5, 5.41) is 8.50. The molecule has 0 heterocycles. The Morgan fingerprint density at radius 3 is 1.85 bits per heavy atom. The molecule has 0 saturated heterocycles. The van der Waals surface area contributed by atoms with Gasteiger partial charge < -0.3 is 5.11 Å². The normalized spacial score (nSPS) is 11.7. The Bertz CT molecular complexity index is 267. The molecule has 0 aromatic carbocycles. The monoisotopic (exact) mass is 280 g/mol. The van der Waals surface area contributed by atoms with E-state index in [1.165, 1.54) is 51.4 Å². The van der Waals surface area contributed by atoms with Gasteiger partial charge in [0.2, 0.25) is 0 Å². The molecule has 0 rings (SSSR count). The predicted octanol–water partition coefficient (Wildman–Crippen LogP) is 5.88.